The van der Waals surface area contributed by atoms with Gasteiger partial charge in [-0.2, -0.15) is 0 Å². The summed E-state index contributed by atoms with van der Waals surface area (Å²) in [6.07, 6.45) is 0. The van der Waals surface area contributed by atoms with Gasteiger partial charge in [0.15, 0.2) is 0 Å². The fraction of sp³-hybridized carbons (Fsp3) is 0. The molecule has 4 heteroatoms. The van der Waals surface area contributed by atoms with E-state index in [1.165, 1.54) is 73.7 Å². The SMILES string of the molecule is c1ccc(-c2cc(-c3ccccc3)c3c(c2)sc2ccc(N(c4cccc5oc6ccccc6c45)c4ccc(-c5ccccc5)c5sc6ccccc6c45)cc23)cc1. The van der Waals surface area contributed by atoms with Crippen molar-refractivity contribution in [1.29, 1.82) is 0 Å². The second-order valence-electron chi connectivity index (χ2n) is 14.8. The molecule has 9 aromatic carbocycles. The zero-order chi connectivity index (χ0) is 38.2. The van der Waals surface area contributed by atoms with Crippen LogP contribution < -0.4 is 4.90 Å². The smallest absolute Gasteiger partial charge is 0.137 e. The zero-order valence-corrected chi connectivity index (χ0v) is 32.9. The Labute approximate surface area is 343 Å². The fourth-order valence-corrected chi connectivity index (χ4v) is 11.3. The first-order chi connectivity index (χ1) is 28.8. The lowest BCUT2D eigenvalue weighted by Crippen LogP contribution is -2.11. The van der Waals surface area contributed by atoms with Gasteiger partial charge in [-0.05, 0) is 94.0 Å². The molecular weight excluding hydrogens is 743 g/mol. The van der Waals surface area contributed by atoms with Gasteiger partial charge in [0.05, 0.1) is 16.8 Å². The number of furan rings is 1. The largest absolute Gasteiger partial charge is 0.456 e. The van der Waals surface area contributed by atoms with Crippen LogP contribution in [-0.4, -0.2) is 0 Å². The second-order valence-corrected chi connectivity index (χ2v) is 16.9. The Bertz CT molecular complexity index is 3510. The van der Waals surface area contributed by atoms with Crippen LogP contribution in [0, 0.1) is 0 Å². The van der Waals surface area contributed by atoms with Gasteiger partial charge in [0.2, 0.25) is 0 Å². The maximum atomic E-state index is 6.54. The van der Waals surface area contributed by atoms with E-state index in [1.54, 1.807) is 0 Å². The fourth-order valence-electron chi connectivity index (χ4n) is 8.87. The molecule has 0 atom stereocenters. The van der Waals surface area contributed by atoms with Gasteiger partial charge in [0, 0.05) is 51.4 Å². The molecule has 0 aliphatic heterocycles. The number of anilines is 3. The van der Waals surface area contributed by atoms with Crippen molar-refractivity contribution in [2.45, 2.75) is 0 Å². The molecule has 0 fully saturated rings. The van der Waals surface area contributed by atoms with Gasteiger partial charge >= 0.3 is 0 Å². The lowest BCUT2D eigenvalue weighted by molar-refractivity contribution is 0.669. The molecule has 0 saturated carbocycles. The average molecular weight is 776 g/mol. The third kappa shape index (κ3) is 5.23. The minimum absolute atomic E-state index is 0.873. The lowest BCUT2D eigenvalue weighted by Gasteiger charge is -2.28. The van der Waals surface area contributed by atoms with E-state index < -0.39 is 0 Å². The molecule has 3 aromatic heterocycles. The maximum absolute atomic E-state index is 6.54. The van der Waals surface area contributed by atoms with E-state index in [-0.39, 0.29) is 0 Å². The van der Waals surface area contributed by atoms with Crippen LogP contribution in [0.5, 0.6) is 0 Å². The first kappa shape index (κ1) is 33.2. The molecule has 0 radical (unpaired) electrons. The molecule has 2 nitrogen and oxygen atoms in total. The Hall–Kier alpha value is -6.98. The first-order valence-electron chi connectivity index (χ1n) is 19.6. The summed E-state index contributed by atoms with van der Waals surface area (Å²) in [7, 11) is 0. The van der Waals surface area contributed by atoms with E-state index in [4.69, 9.17) is 4.42 Å². The highest BCUT2D eigenvalue weighted by atomic mass is 32.1. The van der Waals surface area contributed by atoms with Crippen molar-refractivity contribution in [3.8, 4) is 33.4 Å². The molecule has 0 amide bonds. The standard InChI is InChI=1S/C54H33NOS2/c1-4-15-34(16-5-1)37-31-42(36-19-8-3-9-20-36)51-43-33-38(27-30-49(43)57-50(51)32-37)55(44-23-14-25-47-52(44)40-21-10-12-24-46(40)56-47)45-29-28-39(35-17-6-2-7-18-35)54-53(45)41-22-11-13-26-48(41)58-54/h1-33H. The van der Waals surface area contributed by atoms with Crippen molar-refractivity contribution in [1.82, 2.24) is 0 Å². The van der Waals surface area contributed by atoms with Crippen molar-refractivity contribution in [2.75, 3.05) is 4.90 Å². The van der Waals surface area contributed by atoms with Gasteiger partial charge in [-0.3, -0.25) is 0 Å². The number of hydrogen-bond acceptors (Lipinski definition) is 4. The highest BCUT2D eigenvalue weighted by molar-refractivity contribution is 7.26. The molecule has 0 aliphatic carbocycles. The molecule has 0 spiro atoms. The van der Waals surface area contributed by atoms with Crippen molar-refractivity contribution in [3.05, 3.63) is 200 Å². The highest BCUT2D eigenvalue weighted by Gasteiger charge is 2.25. The molecule has 58 heavy (non-hydrogen) atoms. The van der Waals surface area contributed by atoms with Crippen LogP contribution in [0.25, 0.3) is 95.7 Å². The Morgan fingerprint density at radius 2 is 0.983 bits per heavy atom. The van der Waals surface area contributed by atoms with Gasteiger partial charge in [-0.25, -0.2) is 0 Å². The Balaban J connectivity index is 1.18. The van der Waals surface area contributed by atoms with E-state index in [2.05, 4.69) is 205 Å². The number of hydrogen-bond donors (Lipinski definition) is 0. The highest BCUT2D eigenvalue weighted by Crippen LogP contribution is 2.52. The van der Waals surface area contributed by atoms with E-state index >= 15 is 0 Å². The molecule has 0 unspecified atom stereocenters. The van der Waals surface area contributed by atoms with Crippen molar-refractivity contribution < 1.29 is 4.42 Å². The van der Waals surface area contributed by atoms with Crippen LogP contribution in [0.2, 0.25) is 0 Å². The molecule has 3 heterocycles. The van der Waals surface area contributed by atoms with E-state index in [0.29, 0.717) is 0 Å². The maximum Gasteiger partial charge on any atom is 0.137 e. The number of fused-ring (bicyclic) bond motifs is 9. The summed E-state index contributed by atoms with van der Waals surface area (Å²) in [5.41, 5.74) is 12.4. The molecular formula is C54H33NOS2. The van der Waals surface area contributed by atoms with Crippen LogP contribution in [0.4, 0.5) is 17.1 Å². The van der Waals surface area contributed by atoms with E-state index in [9.17, 15) is 0 Å². The predicted molar refractivity (Wildman–Crippen MR) is 250 cm³/mol. The molecule has 272 valence electrons. The minimum Gasteiger partial charge on any atom is -0.456 e. The van der Waals surface area contributed by atoms with Crippen molar-refractivity contribution in [2.24, 2.45) is 0 Å². The summed E-state index contributed by atoms with van der Waals surface area (Å²) in [5.74, 6) is 0. The van der Waals surface area contributed by atoms with E-state index in [1.807, 2.05) is 22.7 Å². The number of benzene rings is 9. The van der Waals surface area contributed by atoms with Crippen LogP contribution >= 0.6 is 22.7 Å². The summed E-state index contributed by atoms with van der Waals surface area (Å²) in [4.78, 5) is 2.49. The Morgan fingerprint density at radius 1 is 0.345 bits per heavy atom. The van der Waals surface area contributed by atoms with E-state index in [0.717, 1.165) is 39.0 Å². The van der Waals surface area contributed by atoms with Gasteiger partial charge in [0.1, 0.15) is 11.2 Å². The van der Waals surface area contributed by atoms with Crippen LogP contribution in [0.1, 0.15) is 0 Å². The number of para-hydroxylation sites is 1. The predicted octanol–water partition coefficient (Wildman–Crippen LogP) is 16.8. The van der Waals surface area contributed by atoms with Crippen LogP contribution in [-0.2, 0) is 0 Å². The quantitative estimate of drug-likeness (QED) is 0.167. The zero-order valence-electron chi connectivity index (χ0n) is 31.2. The third-order valence-electron chi connectivity index (χ3n) is 11.5. The van der Waals surface area contributed by atoms with Crippen molar-refractivity contribution >= 4 is 102 Å². The monoisotopic (exact) mass is 775 g/mol. The molecule has 0 bridgehead atoms. The topological polar surface area (TPSA) is 16.4 Å². The second kappa shape index (κ2) is 13.3. The molecule has 12 aromatic rings. The third-order valence-corrected chi connectivity index (χ3v) is 13.8. The number of nitrogens with zero attached hydrogens (tertiary/aromatic N) is 1. The first-order valence-corrected chi connectivity index (χ1v) is 21.2. The number of thiophene rings is 2. The van der Waals surface area contributed by atoms with Gasteiger partial charge in [-0.15, -0.1) is 22.7 Å². The average Bonchev–Trinajstić information content (AvgIpc) is 3.99. The van der Waals surface area contributed by atoms with Crippen LogP contribution in [0.15, 0.2) is 205 Å². The summed E-state index contributed by atoms with van der Waals surface area (Å²) < 4.78 is 11.6. The Kier molecular flexibility index (Phi) is 7.62. The lowest BCUT2D eigenvalue weighted by atomic mass is 9.94. The van der Waals surface area contributed by atoms with Gasteiger partial charge in [-0.1, -0.05) is 140 Å². The molecule has 12 rings (SSSR count). The van der Waals surface area contributed by atoms with Gasteiger partial charge < -0.3 is 9.32 Å². The minimum atomic E-state index is 0.873. The summed E-state index contributed by atoms with van der Waals surface area (Å²) >= 11 is 3.74. The molecule has 0 N–H and O–H groups in total. The normalized spacial score (nSPS) is 11.8. The summed E-state index contributed by atoms with van der Waals surface area (Å²) in [6.45, 7) is 0. The van der Waals surface area contributed by atoms with Crippen LogP contribution in [0.3, 0.4) is 0 Å². The summed E-state index contributed by atoms with van der Waals surface area (Å²) in [5, 5.41) is 7.24. The Morgan fingerprint density at radius 3 is 1.78 bits per heavy atom. The summed E-state index contributed by atoms with van der Waals surface area (Å²) in [6, 6.07) is 72.6. The molecule has 0 saturated heterocycles. The molecule has 0 aliphatic rings. The van der Waals surface area contributed by atoms with Crippen molar-refractivity contribution in [3.63, 3.8) is 0 Å². The van der Waals surface area contributed by atoms with Gasteiger partial charge in [0.25, 0.3) is 0 Å². The number of rotatable bonds is 6.